The summed E-state index contributed by atoms with van der Waals surface area (Å²) in [6.07, 6.45) is 4.07. The van der Waals surface area contributed by atoms with E-state index in [1.54, 1.807) is 53.3 Å². The predicted octanol–water partition coefficient (Wildman–Crippen LogP) is 5.12. The van der Waals surface area contributed by atoms with Crippen LogP contribution in [0.15, 0.2) is 88.8 Å². The molecule has 0 aliphatic heterocycles. The smallest absolute Gasteiger partial charge is 0.378 e. The number of thioether (sulfide) groups is 1. The number of carboxylic acid groups (broad SMARTS) is 1. The highest BCUT2D eigenvalue weighted by atomic mass is 32.2. The lowest BCUT2D eigenvalue weighted by atomic mass is 10.0. The fourth-order valence-electron chi connectivity index (χ4n) is 4.54. The highest BCUT2D eigenvalue weighted by Crippen LogP contribution is 2.29. The molecule has 0 bridgehead atoms. The first-order valence-corrected chi connectivity index (χ1v) is 16.3. The van der Waals surface area contributed by atoms with Crippen LogP contribution in [0.3, 0.4) is 0 Å². The largest absolute Gasteiger partial charge is 0.475 e. The maximum atomic E-state index is 13.2. The Bertz CT molecular complexity index is 1720. The summed E-state index contributed by atoms with van der Waals surface area (Å²) in [4.78, 5) is 41.1. The Morgan fingerprint density at radius 1 is 0.930 bits per heavy atom. The summed E-state index contributed by atoms with van der Waals surface area (Å²) < 4.78 is 30.1. The highest BCUT2D eigenvalue weighted by molar-refractivity contribution is 7.98. The third kappa shape index (κ3) is 7.70. The molecule has 0 fully saturated rings. The molecule has 0 spiro atoms. The second kappa shape index (κ2) is 14.2. The average molecular weight is 621 g/mol. The number of hydrogen-bond donors (Lipinski definition) is 3. The minimum Gasteiger partial charge on any atom is -0.475 e. The number of nitrogens with one attached hydrogen (secondary N) is 2. The zero-order valence-corrected chi connectivity index (χ0v) is 25.4. The standard InChI is InChI=1S/C31H32N4O6S2/c1-3-4-14-26-33-29(42-2)27(28(36)30(37)38)35(26)20-22-15-17-23(18-16-22)24-12-8-9-13-25(24)43(40,41)34-31(39)32-19-21-10-6-5-7-11-21/h5-13,15-18H,3-4,14,19-20H2,1-2H3,(H,37,38)(H2,32,34,39). The van der Waals surface area contributed by atoms with E-state index in [4.69, 9.17) is 0 Å². The maximum Gasteiger partial charge on any atom is 0.378 e. The molecule has 4 rings (SSSR count). The fourth-order valence-corrected chi connectivity index (χ4v) is 6.29. The van der Waals surface area contributed by atoms with Gasteiger partial charge in [-0.05, 0) is 35.4 Å². The zero-order valence-electron chi connectivity index (χ0n) is 23.7. The van der Waals surface area contributed by atoms with Crippen LogP contribution in [0, 0.1) is 0 Å². The Balaban J connectivity index is 1.58. The van der Waals surface area contributed by atoms with Crippen molar-refractivity contribution in [2.75, 3.05) is 6.26 Å². The van der Waals surface area contributed by atoms with E-state index in [9.17, 15) is 27.9 Å². The van der Waals surface area contributed by atoms with E-state index in [2.05, 4.69) is 15.0 Å². The van der Waals surface area contributed by atoms with Gasteiger partial charge in [-0.25, -0.2) is 27.7 Å². The van der Waals surface area contributed by atoms with Crippen molar-refractivity contribution in [1.29, 1.82) is 0 Å². The number of benzene rings is 3. The van der Waals surface area contributed by atoms with Crippen molar-refractivity contribution in [3.05, 3.63) is 102 Å². The molecule has 0 saturated heterocycles. The minimum atomic E-state index is -4.21. The molecule has 0 saturated carbocycles. The summed E-state index contributed by atoms with van der Waals surface area (Å²) in [6.45, 7) is 2.42. The normalized spacial score (nSPS) is 11.2. The van der Waals surface area contributed by atoms with Gasteiger partial charge < -0.3 is 15.0 Å². The van der Waals surface area contributed by atoms with Crippen molar-refractivity contribution in [3.8, 4) is 11.1 Å². The molecule has 0 atom stereocenters. The van der Waals surface area contributed by atoms with Gasteiger partial charge in [0.05, 0.1) is 4.90 Å². The highest BCUT2D eigenvalue weighted by Gasteiger charge is 2.27. The number of aryl methyl sites for hydroxylation is 1. The molecule has 1 aromatic heterocycles. The van der Waals surface area contributed by atoms with Crippen LogP contribution in [0.1, 0.15) is 47.2 Å². The number of carbonyl (C=O) groups excluding carboxylic acids is 2. The van der Waals surface area contributed by atoms with Gasteiger partial charge in [-0.3, -0.25) is 4.79 Å². The Hall–Kier alpha value is -4.42. The molecular formula is C31H32N4O6S2. The van der Waals surface area contributed by atoms with Gasteiger partial charge in [0.15, 0.2) is 0 Å². The fraction of sp³-hybridized carbons (Fsp3) is 0.226. The number of carboxylic acids is 1. The van der Waals surface area contributed by atoms with Gasteiger partial charge in [0.25, 0.3) is 15.8 Å². The third-order valence-electron chi connectivity index (χ3n) is 6.68. The number of imidazole rings is 1. The van der Waals surface area contributed by atoms with Crippen molar-refractivity contribution in [2.24, 2.45) is 0 Å². The molecule has 0 aliphatic rings. The monoisotopic (exact) mass is 620 g/mol. The van der Waals surface area contributed by atoms with Gasteiger partial charge in [-0.2, -0.15) is 0 Å². The molecule has 3 N–H and O–H groups in total. The number of nitrogens with zero attached hydrogens (tertiary/aromatic N) is 2. The molecule has 0 aliphatic carbocycles. The quantitative estimate of drug-likeness (QED) is 0.106. The van der Waals surface area contributed by atoms with Crippen LogP contribution in [0.4, 0.5) is 4.79 Å². The Morgan fingerprint density at radius 2 is 1.60 bits per heavy atom. The van der Waals surface area contributed by atoms with E-state index in [0.717, 1.165) is 24.0 Å². The van der Waals surface area contributed by atoms with Gasteiger partial charge in [-0.15, -0.1) is 11.8 Å². The number of amides is 2. The summed E-state index contributed by atoms with van der Waals surface area (Å²) in [5.74, 6) is -1.93. The molecule has 2 amide bonds. The summed E-state index contributed by atoms with van der Waals surface area (Å²) in [5.41, 5.74) is 2.63. The molecular weight excluding hydrogens is 588 g/mol. The van der Waals surface area contributed by atoms with Gasteiger partial charge in [0.2, 0.25) is 0 Å². The molecule has 0 radical (unpaired) electrons. The SMILES string of the molecule is CCCCc1nc(SC)c(C(=O)C(=O)O)n1Cc1ccc(-c2ccccc2S(=O)(=O)NC(=O)NCc2ccccc2)cc1. The van der Waals surface area contributed by atoms with Crippen LogP contribution in [-0.2, 0) is 34.3 Å². The topological polar surface area (TPSA) is 147 Å². The second-order valence-corrected chi connectivity index (χ2v) is 12.1. The van der Waals surface area contributed by atoms with Gasteiger partial charge in [0.1, 0.15) is 16.5 Å². The summed E-state index contributed by atoms with van der Waals surface area (Å²) >= 11 is 1.22. The number of ketones is 1. The number of urea groups is 1. The van der Waals surface area contributed by atoms with Gasteiger partial charge >= 0.3 is 12.0 Å². The van der Waals surface area contributed by atoms with E-state index in [0.29, 0.717) is 28.4 Å². The van der Waals surface area contributed by atoms with E-state index in [1.165, 1.54) is 17.8 Å². The number of Topliss-reactive ketones (excluding diaryl/α,β-unsaturated/α-hetero) is 1. The van der Waals surface area contributed by atoms with E-state index < -0.39 is 27.8 Å². The van der Waals surface area contributed by atoms with Crippen molar-refractivity contribution in [3.63, 3.8) is 0 Å². The van der Waals surface area contributed by atoms with Crippen LogP contribution in [-0.4, -0.2) is 47.1 Å². The number of rotatable bonds is 13. The van der Waals surface area contributed by atoms with Gasteiger partial charge in [-0.1, -0.05) is 86.1 Å². The molecule has 1 heterocycles. The Kier molecular flexibility index (Phi) is 10.4. The summed E-state index contributed by atoms with van der Waals surface area (Å²) in [5, 5.41) is 12.4. The Morgan fingerprint density at radius 3 is 2.26 bits per heavy atom. The number of carbonyl (C=O) groups is 3. The molecule has 43 heavy (non-hydrogen) atoms. The van der Waals surface area contributed by atoms with E-state index in [-0.39, 0.29) is 23.7 Å². The second-order valence-electron chi connectivity index (χ2n) is 9.68. The average Bonchev–Trinajstić information content (AvgIpc) is 3.35. The first-order chi connectivity index (χ1) is 20.6. The first kappa shape index (κ1) is 31.5. The van der Waals surface area contributed by atoms with Crippen molar-refractivity contribution < 1.29 is 27.9 Å². The van der Waals surface area contributed by atoms with Crippen LogP contribution in [0.2, 0.25) is 0 Å². The lowest BCUT2D eigenvalue weighted by Gasteiger charge is -2.14. The molecule has 3 aromatic carbocycles. The molecule has 12 heteroatoms. The Labute approximate surface area is 254 Å². The lowest BCUT2D eigenvalue weighted by Crippen LogP contribution is -2.39. The van der Waals surface area contributed by atoms with Crippen LogP contribution >= 0.6 is 11.8 Å². The van der Waals surface area contributed by atoms with Gasteiger partial charge in [0, 0.05) is 25.1 Å². The van der Waals surface area contributed by atoms with Crippen molar-refractivity contribution in [2.45, 2.75) is 49.2 Å². The van der Waals surface area contributed by atoms with Crippen LogP contribution in [0.25, 0.3) is 11.1 Å². The lowest BCUT2D eigenvalue weighted by molar-refractivity contribution is -0.131. The summed E-state index contributed by atoms with van der Waals surface area (Å²) in [6, 6.07) is 21.7. The molecule has 224 valence electrons. The number of hydrogen-bond acceptors (Lipinski definition) is 7. The van der Waals surface area contributed by atoms with Crippen molar-refractivity contribution >= 4 is 39.6 Å². The third-order valence-corrected chi connectivity index (χ3v) is 8.74. The minimum absolute atomic E-state index is 0.0447. The van der Waals surface area contributed by atoms with Crippen LogP contribution in [0.5, 0.6) is 0 Å². The van der Waals surface area contributed by atoms with E-state index >= 15 is 0 Å². The predicted molar refractivity (Wildman–Crippen MR) is 165 cm³/mol. The maximum absolute atomic E-state index is 13.2. The molecule has 4 aromatic rings. The zero-order chi connectivity index (χ0) is 31.0. The number of unbranched alkanes of at least 4 members (excludes halogenated alkanes) is 1. The molecule has 10 nitrogen and oxygen atoms in total. The molecule has 0 unspecified atom stereocenters. The van der Waals surface area contributed by atoms with Crippen molar-refractivity contribution in [1.82, 2.24) is 19.6 Å². The summed E-state index contributed by atoms with van der Waals surface area (Å²) in [7, 11) is -4.21. The number of aliphatic carboxylic acids is 1. The van der Waals surface area contributed by atoms with E-state index in [1.807, 2.05) is 37.3 Å². The number of sulfonamides is 1. The number of aromatic nitrogens is 2. The first-order valence-electron chi connectivity index (χ1n) is 13.6. The van der Waals surface area contributed by atoms with Crippen LogP contribution < -0.4 is 10.0 Å².